The number of hydrogen-bond acceptors (Lipinski definition) is 2. The first-order valence-electron chi connectivity index (χ1n) is 7.61. The van der Waals surface area contributed by atoms with Crippen molar-refractivity contribution in [1.82, 2.24) is 10.2 Å². The maximum Gasteiger partial charge on any atom is 0.00355 e. The molecule has 2 nitrogen and oxygen atoms in total. The lowest BCUT2D eigenvalue weighted by atomic mass is 9.87. The zero-order chi connectivity index (χ0) is 12.5. The Labute approximate surface area is 108 Å². The minimum atomic E-state index is 0.678. The molecule has 0 bridgehead atoms. The fourth-order valence-corrected chi connectivity index (χ4v) is 2.62. The molecule has 1 N–H and O–H groups in total. The summed E-state index contributed by atoms with van der Waals surface area (Å²) in [6, 6.07) is 0.678. The number of nitrogens with zero attached hydrogens (tertiary/aromatic N) is 1. The molecule has 0 spiro atoms. The Morgan fingerprint density at radius 1 is 1.12 bits per heavy atom. The van der Waals surface area contributed by atoms with E-state index in [0.717, 1.165) is 5.92 Å². The highest BCUT2D eigenvalue weighted by molar-refractivity contribution is 4.67. The molecular weight excluding hydrogens is 208 g/mol. The van der Waals surface area contributed by atoms with Gasteiger partial charge in [0.1, 0.15) is 0 Å². The molecular formula is C15H32N2. The van der Waals surface area contributed by atoms with E-state index in [9.17, 15) is 0 Å². The Morgan fingerprint density at radius 3 is 2.47 bits per heavy atom. The average molecular weight is 240 g/mol. The Kier molecular flexibility index (Phi) is 7.87. The predicted octanol–water partition coefficient (Wildman–Crippen LogP) is 3.28. The van der Waals surface area contributed by atoms with Crippen LogP contribution >= 0.6 is 0 Å². The lowest BCUT2D eigenvalue weighted by molar-refractivity contribution is 0.268. The van der Waals surface area contributed by atoms with Crippen molar-refractivity contribution in [2.24, 2.45) is 5.92 Å². The van der Waals surface area contributed by atoms with E-state index in [2.05, 4.69) is 31.1 Å². The Balaban J connectivity index is 1.87. The van der Waals surface area contributed by atoms with Crippen LogP contribution in [0.3, 0.4) is 0 Å². The van der Waals surface area contributed by atoms with Gasteiger partial charge in [-0.3, -0.25) is 0 Å². The van der Waals surface area contributed by atoms with Crippen molar-refractivity contribution in [2.75, 3.05) is 26.7 Å². The Morgan fingerprint density at radius 2 is 1.82 bits per heavy atom. The Hall–Kier alpha value is -0.0800. The van der Waals surface area contributed by atoms with Crippen LogP contribution in [-0.4, -0.2) is 37.6 Å². The molecule has 0 aromatic rings. The predicted molar refractivity (Wildman–Crippen MR) is 76.4 cm³/mol. The van der Waals surface area contributed by atoms with Crippen LogP contribution in [0.1, 0.15) is 58.8 Å². The molecule has 0 aromatic carbocycles. The molecule has 2 heteroatoms. The smallest absolute Gasteiger partial charge is 0.00355 e. The molecule has 0 aliphatic heterocycles. The summed E-state index contributed by atoms with van der Waals surface area (Å²) in [6.07, 6.45) is 10.1. The van der Waals surface area contributed by atoms with Crippen LogP contribution in [0.5, 0.6) is 0 Å². The summed E-state index contributed by atoms with van der Waals surface area (Å²) in [4.78, 5) is 2.42. The highest BCUT2D eigenvalue weighted by Gasteiger charge is 2.12. The third kappa shape index (κ3) is 7.05. The molecule has 0 aromatic heterocycles. The lowest BCUT2D eigenvalue weighted by Crippen LogP contribution is -2.30. The Bertz CT molecular complexity index is 174. The van der Waals surface area contributed by atoms with Gasteiger partial charge in [-0.05, 0) is 59.3 Å². The molecule has 0 atom stereocenters. The monoisotopic (exact) mass is 240 g/mol. The van der Waals surface area contributed by atoms with Crippen LogP contribution in [0.2, 0.25) is 0 Å². The van der Waals surface area contributed by atoms with Gasteiger partial charge in [0.25, 0.3) is 0 Å². The minimum Gasteiger partial charge on any atom is -0.317 e. The van der Waals surface area contributed by atoms with E-state index in [-0.39, 0.29) is 0 Å². The van der Waals surface area contributed by atoms with Gasteiger partial charge in [-0.2, -0.15) is 0 Å². The maximum atomic E-state index is 3.60. The molecule has 0 amide bonds. The van der Waals surface area contributed by atoms with E-state index in [1.165, 1.54) is 64.6 Å². The van der Waals surface area contributed by atoms with Crippen LogP contribution < -0.4 is 5.32 Å². The average Bonchev–Trinajstić information content (AvgIpc) is 2.34. The first-order valence-corrected chi connectivity index (χ1v) is 7.61. The van der Waals surface area contributed by atoms with Crippen molar-refractivity contribution in [2.45, 2.75) is 64.8 Å². The topological polar surface area (TPSA) is 15.3 Å². The van der Waals surface area contributed by atoms with Crippen molar-refractivity contribution >= 4 is 0 Å². The lowest BCUT2D eigenvalue weighted by Gasteiger charge is -2.22. The summed E-state index contributed by atoms with van der Waals surface area (Å²) >= 11 is 0. The van der Waals surface area contributed by atoms with E-state index in [1.807, 2.05) is 0 Å². The molecule has 1 fully saturated rings. The molecule has 1 aliphatic carbocycles. The number of hydrogen-bond donors (Lipinski definition) is 1. The van der Waals surface area contributed by atoms with E-state index in [1.54, 1.807) is 0 Å². The van der Waals surface area contributed by atoms with Gasteiger partial charge in [0.15, 0.2) is 0 Å². The molecule has 1 rings (SSSR count). The first-order chi connectivity index (χ1) is 8.20. The second-order valence-corrected chi connectivity index (χ2v) is 5.97. The highest BCUT2D eigenvalue weighted by atomic mass is 15.1. The van der Waals surface area contributed by atoms with Crippen molar-refractivity contribution in [3.63, 3.8) is 0 Å². The van der Waals surface area contributed by atoms with Crippen molar-refractivity contribution in [1.29, 1.82) is 0 Å². The van der Waals surface area contributed by atoms with Crippen LogP contribution in [0, 0.1) is 5.92 Å². The molecule has 0 radical (unpaired) electrons. The highest BCUT2D eigenvalue weighted by Crippen LogP contribution is 2.25. The fraction of sp³-hybridized carbons (Fsp3) is 1.00. The summed E-state index contributed by atoms with van der Waals surface area (Å²) in [5, 5.41) is 3.60. The second kappa shape index (κ2) is 8.93. The first kappa shape index (κ1) is 15.0. The van der Waals surface area contributed by atoms with Gasteiger partial charge in [-0.1, -0.05) is 32.1 Å². The summed E-state index contributed by atoms with van der Waals surface area (Å²) < 4.78 is 0. The van der Waals surface area contributed by atoms with Crippen molar-refractivity contribution in [3.8, 4) is 0 Å². The maximum absolute atomic E-state index is 3.60. The van der Waals surface area contributed by atoms with Crippen LogP contribution in [-0.2, 0) is 0 Å². The molecule has 0 heterocycles. The van der Waals surface area contributed by atoms with E-state index in [4.69, 9.17) is 0 Å². The van der Waals surface area contributed by atoms with Crippen LogP contribution in [0.15, 0.2) is 0 Å². The van der Waals surface area contributed by atoms with E-state index < -0.39 is 0 Å². The molecule has 0 saturated heterocycles. The van der Waals surface area contributed by atoms with Crippen LogP contribution in [0.25, 0.3) is 0 Å². The van der Waals surface area contributed by atoms with Gasteiger partial charge in [-0.15, -0.1) is 0 Å². The van der Waals surface area contributed by atoms with Crippen LogP contribution in [0.4, 0.5) is 0 Å². The summed E-state index contributed by atoms with van der Waals surface area (Å²) in [5.74, 6) is 1.02. The summed E-state index contributed by atoms with van der Waals surface area (Å²) in [7, 11) is 2.21. The summed E-state index contributed by atoms with van der Waals surface area (Å²) in [6.45, 7) is 8.15. The van der Waals surface area contributed by atoms with E-state index in [0.29, 0.717) is 6.04 Å². The van der Waals surface area contributed by atoms with Crippen molar-refractivity contribution < 1.29 is 0 Å². The van der Waals surface area contributed by atoms with Crippen molar-refractivity contribution in [3.05, 3.63) is 0 Å². The van der Waals surface area contributed by atoms with Gasteiger partial charge < -0.3 is 10.2 Å². The zero-order valence-electron chi connectivity index (χ0n) is 12.2. The van der Waals surface area contributed by atoms with E-state index >= 15 is 0 Å². The molecule has 17 heavy (non-hydrogen) atoms. The fourth-order valence-electron chi connectivity index (χ4n) is 2.62. The van der Waals surface area contributed by atoms with Gasteiger partial charge >= 0.3 is 0 Å². The quantitative estimate of drug-likeness (QED) is 0.655. The van der Waals surface area contributed by atoms with Gasteiger partial charge in [0, 0.05) is 6.04 Å². The SMILES string of the molecule is CC(C)N(C)CCCNCCC1CCCCC1. The number of nitrogens with one attached hydrogen (secondary N) is 1. The van der Waals surface area contributed by atoms with Gasteiger partial charge in [0.05, 0.1) is 0 Å². The normalized spacial score (nSPS) is 18.2. The summed E-state index contributed by atoms with van der Waals surface area (Å²) in [5.41, 5.74) is 0. The number of rotatable bonds is 8. The molecule has 0 unspecified atom stereocenters. The van der Waals surface area contributed by atoms with Gasteiger partial charge in [-0.25, -0.2) is 0 Å². The minimum absolute atomic E-state index is 0.678. The third-order valence-corrected chi connectivity index (χ3v) is 4.20. The third-order valence-electron chi connectivity index (χ3n) is 4.20. The largest absolute Gasteiger partial charge is 0.317 e. The standard InChI is InChI=1S/C15H32N2/c1-14(2)17(3)13-7-11-16-12-10-15-8-5-4-6-9-15/h14-16H,4-13H2,1-3H3. The zero-order valence-corrected chi connectivity index (χ0v) is 12.2. The van der Waals surface area contributed by atoms with Gasteiger partial charge in [0.2, 0.25) is 0 Å². The molecule has 102 valence electrons. The molecule has 1 saturated carbocycles. The molecule has 1 aliphatic rings. The second-order valence-electron chi connectivity index (χ2n) is 5.97.